The molecule has 2 atom stereocenters. The Kier molecular flexibility index (Phi) is 11.1. The molecule has 0 saturated heterocycles. The first kappa shape index (κ1) is 26.3. The van der Waals surface area contributed by atoms with Gasteiger partial charge in [-0.2, -0.15) is 0 Å². The molecule has 2 aromatic carbocycles. The molecule has 2 N–H and O–H groups in total. The van der Waals surface area contributed by atoms with Gasteiger partial charge in [0.05, 0.1) is 19.1 Å². The summed E-state index contributed by atoms with van der Waals surface area (Å²) in [6.45, 7) is 4.38. The molecule has 0 aliphatic rings. The van der Waals surface area contributed by atoms with Gasteiger partial charge in [-0.1, -0.05) is 35.9 Å². The lowest BCUT2D eigenvalue weighted by Gasteiger charge is -2.23. The van der Waals surface area contributed by atoms with Gasteiger partial charge in [-0.25, -0.2) is 4.39 Å². The fraction of sp³-hybridized carbons (Fsp3) is 0.480. The number of carbonyl (C=O) groups excluding carboxylic acids is 1. The van der Waals surface area contributed by atoms with Crippen LogP contribution in [-0.2, 0) is 20.7 Å². The average molecular weight is 465 g/mol. The van der Waals surface area contributed by atoms with Crippen molar-refractivity contribution in [1.29, 1.82) is 0 Å². The molecule has 0 unspecified atom stereocenters. The molecule has 2 rings (SSSR count). The molecule has 0 radical (unpaired) electrons. The number of carbonyl (C=O) groups is 1. The Morgan fingerprint density at radius 2 is 1.91 bits per heavy atom. The fourth-order valence-corrected chi connectivity index (χ4v) is 3.79. The van der Waals surface area contributed by atoms with Crippen molar-refractivity contribution >= 4 is 17.6 Å². The Balaban J connectivity index is 1.98. The summed E-state index contributed by atoms with van der Waals surface area (Å²) >= 11 is 6.00. The van der Waals surface area contributed by atoms with Crippen molar-refractivity contribution in [3.63, 3.8) is 0 Å². The van der Waals surface area contributed by atoms with Crippen LogP contribution in [0.5, 0.6) is 0 Å². The number of methoxy groups -OCH3 is 1. The van der Waals surface area contributed by atoms with E-state index in [0.717, 1.165) is 24.2 Å². The third kappa shape index (κ3) is 8.51. The lowest BCUT2D eigenvalue weighted by Crippen LogP contribution is -2.33. The SMILES string of the molecule is CCOC(=O)[C@H](CCN(C)CCOC)C[C@H](N)Cc1ccc(-c2cc(Cl)ccc2F)cc1. The molecule has 0 fully saturated rings. The number of ether oxygens (including phenoxy) is 2. The molecule has 5 nitrogen and oxygen atoms in total. The average Bonchev–Trinajstić information content (AvgIpc) is 2.77. The van der Waals surface area contributed by atoms with Crippen LogP contribution < -0.4 is 5.73 Å². The van der Waals surface area contributed by atoms with Crippen LogP contribution in [0.1, 0.15) is 25.3 Å². The summed E-state index contributed by atoms with van der Waals surface area (Å²) in [5.74, 6) is -0.767. The van der Waals surface area contributed by atoms with E-state index < -0.39 is 0 Å². The number of rotatable bonds is 13. The molecule has 0 amide bonds. The number of likely N-dealkylation sites (N-methyl/N-ethyl adjacent to an activating group) is 1. The van der Waals surface area contributed by atoms with E-state index in [9.17, 15) is 9.18 Å². The molecule has 0 aliphatic carbocycles. The number of nitrogens with zero attached hydrogens (tertiary/aromatic N) is 1. The lowest BCUT2D eigenvalue weighted by atomic mass is 9.92. The highest BCUT2D eigenvalue weighted by Gasteiger charge is 2.23. The smallest absolute Gasteiger partial charge is 0.309 e. The van der Waals surface area contributed by atoms with Crippen molar-refractivity contribution in [3.05, 3.63) is 58.9 Å². The van der Waals surface area contributed by atoms with Gasteiger partial charge in [0.2, 0.25) is 0 Å². The first-order chi connectivity index (χ1) is 15.3. The second kappa shape index (κ2) is 13.5. The topological polar surface area (TPSA) is 64.8 Å². The van der Waals surface area contributed by atoms with Crippen LogP contribution in [0.15, 0.2) is 42.5 Å². The monoisotopic (exact) mass is 464 g/mol. The molecule has 32 heavy (non-hydrogen) atoms. The van der Waals surface area contributed by atoms with Gasteiger partial charge in [0.25, 0.3) is 0 Å². The minimum Gasteiger partial charge on any atom is -0.466 e. The molecular formula is C25H34ClFN2O3. The molecule has 176 valence electrons. The van der Waals surface area contributed by atoms with Crippen LogP contribution >= 0.6 is 11.6 Å². The highest BCUT2D eigenvalue weighted by Crippen LogP contribution is 2.26. The van der Waals surface area contributed by atoms with Crippen molar-refractivity contribution in [2.24, 2.45) is 11.7 Å². The summed E-state index contributed by atoms with van der Waals surface area (Å²) in [4.78, 5) is 14.6. The molecular weight excluding hydrogens is 431 g/mol. The van der Waals surface area contributed by atoms with E-state index in [4.69, 9.17) is 26.8 Å². The maximum absolute atomic E-state index is 14.1. The predicted octanol–water partition coefficient (Wildman–Crippen LogP) is 4.55. The number of halogens is 2. The van der Waals surface area contributed by atoms with Crippen LogP contribution in [0.3, 0.4) is 0 Å². The molecule has 7 heteroatoms. The molecule has 0 heterocycles. The molecule has 2 aromatic rings. The summed E-state index contributed by atoms with van der Waals surface area (Å²) in [5, 5.41) is 0.491. The molecule has 0 spiro atoms. The summed E-state index contributed by atoms with van der Waals surface area (Å²) in [6, 6.07) is 11.9. The van der Waals surface area contributed by atoms with Crippen LogP contribution in [-0.4, -0.2) is 57.4 Å². The van der Waals surface area contributed by atoms with E-state index in [1.54, 1.807) is 13.2 Å². The first-order valence-electron chi connectivity index (χ1n) is 11.0. The van der Waals surface area contributed by atoms with Gasteiger partial charge < -0.3 is 20.1 Å². The quantitative estimate of drug-likeness (QED) is 0.440. The predicted molar refractivity (Wildman–Crippen MR) is 127 cm³/mol. The molecule has 0 aliphatic heterocycles. The van der Waals surface area contributed by atoms with Crippen LogP contribution in [0.25, 0.3) is 11.1 Å². The summed E-state index contributed by atoms with van der Waals surface area (Å²) in [7, 11) is 3.68. The molecule has 0 aromatic heterocycles. The van der Waals surface area contributed by atoms with Crippen molar-refractivity contribution in [2.75, 3.05) is 40.5 Å². The first-order valence-corrected chi connectivity index (χ1v) is 11.4. The van der Waals surface area contributed by atoms with E-state index >= 15 is 0 Å². The van der Waals surface area contributed by atoms with Gasteiger partial charge in [-0.3, -0.25) is 4.79 Å². The van der Waals surface area contributed by atoms with Gasteiger partial charge in [-0.05, 0) is 69.1 Å². The Labute approximate surface area is 195 Å². The lowest BCUT2D eigenvalue weighted by molar-refractivity contribution is -0.148. The van der Waals surface area contributed by atoms with Crippen molar-refractivity contribution in [3.8, 4) is 11.1 Å². The Morgan fingerprint density at radius 3 is 2.56 bits per heavy atom. The highest BCUT2D eigenvalue weighted by molar-refractivity contribution is 6.30. The number of benzene rings is 2. The third-order valence-corrected chi connectivity index (χ3v) is 5.67. The van der Waals surface area contributed by atoms with Gasteiger partial charge in [0.15, 0.2) is 0 Å². The van der Waals surface area contributed by atoms with E-state index in [0.29, 0.717) is 43.1 Å². The van der Waals surface area contributed by atoms with Crippen LogP contribution in [0.2, 0.25) is 5.02 Å². The highest BCUT2D eigenvalue weighted by atomic mass is 35.5. The zero-order chi connectivity index (χ0) is 23.5. The molecule has 0 saturated carbocycles. The van der Waals surface area contributed by atoms with E-state index in [1.165, 1.54) is 12.1 Å². The summed E-state index contributed by atoms with van der Waals surface area (Å²) in [5.41, 5.74) is 8.65. The number of hydrogen-bond donors (Lipinski definition) is 1. The maximum atomic E-state index is 14.1. The number of esters is 1. The number of nitrogens with two attached hydrogens (primary N) is 1. The number of hydrogen-bond acceptors (Lipinski definition) is 5. The van der Waals surface area contributed by atoms with E-state index in [-0.39, 0.29) is 23.7 Å². The van der Waals surface area contributed by atoms with Crippen LogP contribution in [0.4, 0.5) is 4.39 Å². The fourth-order valence-electron chi connectivity index (χ4n) is 3.62. The van der Waals surface area contributed by atoms with Gasteiger partial charge in [0, 0.05) is 30.3 Å². The van der Waals surface area contributed by atoms with Gasteiger partial charge in [0.1, 0.15) is 5.82 Å². The van der Waals surface area contributed by atoms with Crippen molar-refractivity contribution in [1.82, 2.24) is 4.90 Å². The summed E-state index contributed by atoms with van der Waals surface area (Å²) in [6.07, 6.45) is 1.84. The van der Waals surface area contributed by atoms with Gasteiger partial charge >= 0.3 is 5.97 Å². The Morgan fingerprint density at radius 1 is 1.19 bits per heavy atom. The van der Waals surface area contributed by atoms with Gasteiger partial charge in [-0.15, -0.1) is 0 Å². The van der Waals surface area contributed by atoms with Crippen molar-refractivity contribution in [2.45, 2.75) is 32.2 Å². The third-order valence-electron chi connectivity index (χ3n) is 5.43. The van der Waals surface area contributed by atoms with Crippen molar-refractivity contribution < 1.29 is 18.7 Å². The second-order valence-corrected chi connectivity index (χ2v) is 8.49. The normalized spacial score (nSPS) is 13.2. The second-order valence-electron chi connectivity index (χ2n) is 8.05. The zero-order valence-corrected chi connectivity index (χ0v) is 19.9. The van der Waals surface area contributed by atoms with E-state index in [1.807, 2.05) is 38.2 Å². The largest absolute Gasteiger partial charge is 0.466 e. The standard InChI is InChI=1S/C25H34ClFN2O3/c1-4-32-25(30)20(11-12-29(2)13-14-31-3)16-22(28)15-18-5-7-19(8-6-18)23-17-21(26)9-10-24(23)27/h5-10,17,20,22H,4,11-16,28H2,1-3H3/t20-,22-/m1/s1. The van der Waals surface area contributed by atoms with Crippen LogP contribution in [0, 0.1) is 11.7 Å². The summed E-state index contributed by atoms with van der Waals surface area (Å²) < 4.78 is 24.5. The Hall–Kier alpha value is -1.99. The molecule has 0 bridgehead atoms. The Bertz CT molecular complexity index is 848. The van der Waals surface area contributed by atoms with E-state index in [2.05, 4.69) is 4.90 Å². The minimum absolute atomic E-state index is 0.192. The zero-order valence-electron chi connectivity index (χ0n) is 19.2. The minimum atomic E-state index is -0.313. The maximum Gasteiger partial charge on any atom is 0.309 e.